The summed E-state index contributed by atoms with van der Waals surface area (Å²) in [5.74, 6) is 0.467. The molecule has 0 radical (unpaired) electrons. The molecule has 2 aliphatic heterocycles. The fourth-order valence-corrected chi connectivity index (χ4v) is 4.83. The molecule has 3 heterocycles. The average molecular weight is 533 g/mol. The summed E-state index contributed by atoms with van der Waals surface area (Å²) < 4.78 is 16.3. The number of fused-ring (bicyclic) bond motifs is 1. The lowest BCUT2D eigenvalue weighted by molar-refractivity contribution is -0.140. The van der Waals surface area contributed by atoms with Gasteiger partial charge in [0.2, 0.25) is 0 Å². The number of alkyl carbamates (subject to hydrolysis) is 1. The van der Waals surface area contributed by atoms with Crippen LogP contribution in [0.1, 0.15) is 64.1 Å². The summed E-state index contributed by atoms with van der Waals surface area (Å²) in [6, 6.07) is 3.21. The lowest BCUT2D eigenvalue weighted by Crippen LogP contribution is -2.57. The van der Waals surface area contributed by atoms with E-state index < -0.39 is 35.9 Å². The number of likely N-dealkylation sites (tertiary alicyclic amines) is 1. The number of aryl methyl sites for hydroxylation is 2. The molecule has 1 aromatic rings. The van der Waals surface area contributed by atoms with Crippen LogP contribution in [0.4, 0.5) is 15.4 Å². The first-order chi connectivity index (χ1) is 18.1. The Hall–Kier alpha value is -3.08. The highest BCUT2D eigenvalue weighted by molar-refractivity contribution is 5.80. The fraction of sp³-hybridized carbons (Fsp3) is 0.704. The van der Waals surface area contributed by atoms with Crippen LogP contribution in [-0.4, -0.2) is 83.2 Å². The molecule has 2 fully saturated rings. The molecular formula is C27H40N4O7. The van der Waals surface area contributed by atoms with Crippen LogP contribution in [-0.2, 0) is 31.8 Å². The zero-order valence-electron chi connectivity index (χ0n) is 22.5. The van der Waals surface area contributed by atoms with Crippen LogP contribution in [0.3, 0.4) is 0 Å². The van der Waals surface area contributed by atoms with Crippen molar-refractivity contribution in [2.75, 3.05) is 31.6 Å². The van der Waals surface area contributed by atoms with Crippen molar-refractivity contribution in [1.82, 2.24) is 15.2 Å². The Morgan fingerprint density at radius 2 is 1.97 bits per heavy atom. The van der Waals surface area contributed by atoms with Crippen LogP contribution in [0.15, 0.2) is 12.1 Å². The van der Waals surface area contributed by atoms with Crippen LogP contribution in [0.2, 0.25) is 0 Å². The third-order valence-electron chi connectivity index (χ3n) is 7.08. The third kappa shape index (κ3) is 7.96. The second-order valence-corrected chi connectivity index (χ2v) is 11.4. The Kier molecular flexibility index (Phi) is 8.96. The van der Waals surface area contributed by atoms with Crippen LogP contribution >= 0.6 is 0 Å². The Labute approximate surface area is 223 Å². The van der Waals surface area contributed by atoms with E-state index >= 15 is 0 Å². The molecule has 38 heavy (non-hydrogen) atoms. The van der Waals surface area contributed by atoms with Crippen molar-refractivity contribution in [2.24, 2.45) is 5.92 Å². The summed E-state index contributed by atoms with van der Waals surface area (Å²) in [6.45, 7) is 6.98. The average Bonchev–Trinajstić information content (AvgIpc) is 2.79. The van der Waals surface area contributed by atoms with Gasteiger partial charge in [0.25, 0.3) is 0 Å². The number of ether oxygens (including phenoxy) is 3. The van der Waals surface area contributed by atoms with Gasteiger partial charge in [0.1, 0.15) is 23.6 Å². The molecule has 0 aromatic carbocycles. The van der Waals surface area contributed by atoms with E-state index in [1.165, 1.54) is 10.5 Å². The standard InChI is InChI=1S/C27H40N4O7/c1-27(2,3)38-26(35)31-15-21(16-31)37-25(34)30-22(24(32)33)10-12-36-20-13-17(14-20)6-8-19-9-7-18-5-4-11-28-23(18)29-19/h7,9,17,20-22H,4-6,8,10-16H2,1-3H3,(H,28,29)(H,30,34)(H,32,33). The van der Waals surface area contributed by atoms with E-state index in [1.54, 1.807) is 20.8 Å². The van der Waals surface area contributed by atoms with Crippen LogP contribution < -0.4 is 10.6 Å². The smallest absolute Gasteiger partial charge is 0.410 e. The maximum absolute atomic E-state index is 12.2. The molecule has 4 rings (SSSR count). The van der Waals surface area contributed by atoms with E-state index in [-0.39, 0.29) is 32.2 Å². The van der Waals surface area contributed by atoms with Gasteiger partial charge in [-0.3, -0.25) is 0 Å². The molecule has 1 saturated carbocycles. The first kappa shape index (κ1) is 27.9. The van der Waals surface area contributed by atoms with Gasteiger partial charge in [0.05, 0.1) is 19.2 Å². The van der Waals surface area contributed by atoms with E-state index in [1.807, 2.05) is 0 Å². The number of carbonyl (C=O) groups excluding carboxylic acids is 2. The van der Waals surface area contributed by atoms with E-state index in [0.29, 0.717) is 5.92 Å². The maximum atomic E-state index is 12.2. The van der Waals surface area contributed by atoms with Gasteiger partial charge in [-0.2, -0.15) is 0 Å². The number of aliphatic carboxylic acids is 1. The van der Waals surface area contributed by atoms with Gasteiger partial charge >= 0.3 is 18.2 Å². The number of hydrogen-bond acceptors (Lipinski definition) is 8. The number of carboxylic acid groups (broad SMARTS) is 1. The molecule has 210 valence electrons. The Morgan fingerprint density at radius 3 is 2.68 bits per heavy atom. The number of carbonyl (C=O) groups is 3. The quantitative estimate of drug-likeness (QED) is 0.414. The van der Waals surface area contributed by atoms with Gasteiger partial charge in [-0.1, -0.05) is 6.07 Å². The molecule has 0 spiro atoms. The molecule has 1 atom stereocenters. The number of amides is 2. The Bertz CT molecular complexity index is 1000. The van der Waals surface area contributed by atoms with E-state index in [4.69, 9.17) is 19.2 Å². The van der Waals surface area contributed by atoms with Gasteiger partial charge in [-0.25, -0.2) is 19.4 Å². The second-order valence-electron chi connectivity index (χ2n) is 11.4. The molecule has 2 amide bonds. The molecule has 1 aromatic heterocycles. The largest absolute Gasteiger partial charge is 0.480 e. The molecule has 1 aliphatic carbocycles. The van der Waals surface area contributed by atoms with Crippen molar-refractivity contribution in [1.29, 1.82) is 0 Å². The van der Waals surface area contributed by atoms with Crippen molar-refractivity contribution in [3.05, 3.63) is 23.4 Å². The first-order valence-electron chi connectivity index (χ1n) is 13.6. The SMILES string of the molecule is CC(C)(C)OC(=O)N1CC(OC(=O)NC(CCOC2CC(CCc3ccc4c(n3)NCCC4)C2)C(=O)O)C1. The highest BCUT2D eigenvalue weighted by atomic mass is 16.6. The number of nitrogens with zero attached hydrogens (tertiary/aromatic N) is 2. The minimum atomic E-state index is -1.15. The van der Waals surface area contributed by atoms with Crippen LogP contribution in [0.5, 0.6) is 0 Å². The molecule has 1 unspecified atom stereocenters. The molecule has 3 N–H and O–H groups in total. The fourth-order valence-electron chi connectivity index (χ4n) is 4.83. The molecular weight excluding hydrogens is 492 g/mol. The van der Waals surface area contributed by atoms with Gasteiger partial charge in [0, 0.05) is 25.3 Å². The van der Waals surface area contributed by atoms with Crippen LogP contribution in [0, 0.1) is 5.92 Å². The van der Waals surface area contributed by atoms with E-state index in [0.717, 1.165) is 56.6 Å². The molecule has 0 bridgehead atoms. The highest BCUT2D eigenvalue weighted by Gasteiger charge is 2.37. The highest BCUT2D eigenvalue weighted by Crippen LogP contribution is 2.34. The normalized spacial score (nSPS) is 21.7. The first-order valence-corrected chi connectivity index (χ1v) is 13.6. The summed E-state index contributed by atoms with van der Waals surface area (Å²) in [4.78, 5) is 41.9. The van der Waals surface area contributed by atoms with Gasteiger partial charge < -0.3 is 34.9 Å². The van der Waals surface area contributed by atoms with Crippen molar-refractivity contribution in [2.45, 2.75) is 89.6 Å². The number of rotatable bonds is 10. The van der Waals surface area contributed by atoms with Crippen LogP contribution in [0.25, 0.3) is 0 Å². The van der Waals surface area contributed by atoms with Gasteiger partial charge in [-0.15, -0.1) is 0 Å². The summed E-state index contributed by atoms with van der Waals surface area (Å²) >= 11 is 0. The van der Waals surface area contributed by atoms with E-state index in [2.05, 4.69) is 22.8 Å². The number of hydrogen-bond donors (Lipinski definition) is 3. The van der Waals surface area contributed by atoms with Crippen molar-refractivity contribution < 1.29 is 33.7 Å². The Morgan fingerprint density at radius 1 is 1.21 bits per heavy atom. The topological polar surface area (TPSA) is 139 Å². The number of pyridine rings is 1. The third-order valence-corrected chi connectivity index (χ3v) is 7.08. The summed E-state index contributed by atoms with van der Waals surface area (Å²) in [6.07, 6.45) is 4.63. The molecule has 11 heteroatoms. The zero-order chi connectivity index (χ0) is 27.3. The number of nitrogens with one attached hydrogen (secondary N) is 2. The molecule has 1 saturated heterocycles. The van der Waals surface area contributed by atoms with Gasteiger partial charge in [-0.05, 0) is 76.8 Å². The van der Waals surface area contributed by atoms with Crippen molar-refractivity contribution >= 4 is 24.0 Å². The minimum Gasteiger partial charge on any atom is -0.480 e. The lowest BCUT2D eigenvalue weighted by atomic mass is 9.79. The van der Waals surface area contributed by atoms with E-state index in [9.17, 15) is 19.5 Å². The number of carboxylic acids is 1. The molecule has 3 aliphatic rings. The van der Waals surface area contributed by atoms with Gasteiger partial charge in [0.15, 0.2) is 0 Å². The predicted molar refractivity (Wildman–Crippen MR) is 139 cm³/mol. The Balaban J connectivity index is 1.08. The summed E-state index contributed by atoms with van der Waals surface area (Å²) in [7, 11) is 0. The summed E-state index contributed by atoms with van der Waals surface area (Å²) in [5.41, 5.74) is 1.81. The summed E-state index contributed by atoms with van der Waals surface area (Å²) in [5, 5.41) is 15.2. The molecule has 11 nitrogen and oxygen atoms in total. The van der Waals surface area contributed by atoms with Crippen molar-refractivity contribution in [3.63, 3.8) is 0 Å². The maximum Gasteiger partial charge on any atom is 0.410 e. The minimum absolute atomic E-state index is 0.119. The monoisotopic (exact) mass is 532 g/mol. The number of aromatic nitrogens is 1. The number of anilines is 1. The van der Waals surface area contributed by atoms with Crippen molar-refractivity contribution in [3.8, 4) is 0 Å². The lowest BCUT2D eigenvalue weighted by Gasteiger charge is -2.39. The predicted octanol–water partition coefficient (Wildman–Crippen LogP) is 3.36. The zero-order valence-corrected chi connectivity index (χ0v) is 22.5. The second kappa shape index (κ2) is 12.2.